The Morgan fingerprint density at radius 2 is 2.19 bits per heavy atom. The molecule has 1 aliphatic heterocycles. The van der Waals surface area contributed by atoms with Crippen LogP contribution in [0, 0.1) is 5.41 Å². The molecular weight excluding hydrogens is 204 g/mol. The Balaban J connectivity index is 1.76. The van der Waals surface area contributed by atoms with Crippen molar-refractivity contribution >= 4 is 5.97 Å². The first-order chi connectivity index (χ1) is 7.56. The molecule has 2 aliphatic carbocycles. The summed E-state index contributed by atoms with van der Waals surface area (Å²) in [6.07, 6.45) is 7.38. The van der Waals surface area contributed by atoms with Crippen LogP contribution in [0.3, 0.4) is 0 Å². The molecule has 0 aromatic carbocycles. The van der Waals surface area contributed by atoms with Gasteiger partial charge < -0.3 is 9.47 Å². The molecule has 3 heteroatoms. The Kier molecular flexibility index (Phi) is 2.13. The van der Waals surface area contributed by atoms with Crippen LogP contribution in [0.25, 0.3) is 0 Å². The molecule has 0 bridgehead atoms. The van der Waals surface area contributed by atoms with Crippen LogP contribution >= 0.6 is 0 Å². The molecule has 4 atom stereocenters. The molecule has 4 unspecified atom stereocenters. The first-order valence-electron chi connectivity index (χ1n) is 6.41. The van der Waals surface area contributed by atoms with Gasteiger partial charge >= 0.3 is 5.97 Å². The third kappa shape index (κ3) is 1.33. The Morgan fingerprint density at radius 3 is 2.94 bits per heavy atom. The number of carbonyl (C=O) groups is 1. The minimum Gasteiger partial charge on any atom is -0.462 e. The average molecular weight is 224 g/mol. The summed E-state index contributed by atoms with van der Waals surface area (Å²) in [6.45, 7) is 3.85. The maximum Gasteiger partial charge on any atom is 0.302 e. The van der Waals surface area contributed by atoms with Crippen LogP contribution in [-0.2, 0) is 14.3 Å². The summed E-state index contributed by atoms with van der Waals surface area (Å²) in [6, 6.07) is 0. The topological polar surface area (TPSA) is 38.8 Å². The molecule has 3 aliphatic rings. The minimum atomic E-state index is -0.155. The van der Waals surface area contributed by atoms with Crippen molar-refractivity contribution < 1.29 is 14.3 Å². The van der Waals surface area contributed by atoms with E-state index in [1.165, 1.54) is 26.2 Å². The van der Waals surface area contributed by atoms with Crippen molar-refractivity contribution in [3.05, 3.63) is 0 Å². The molecule has 0 aromatic heterocycles. The van der Waals surface area contributed by atoms with Crippen LogP contribution in [0.15, 0.2) is 0 Å². The molecule has 0 N–H and O–H groups in total. The van der Waals surface area contributed by atoms with Crippen molar-refractivity contribution in [2.75, 3.05) is 0 Å². The first kappa shape index (κ1) is 10.6. The number of hydrogen-bond donors (Lipinski definition) is 0. The predicted molar refractivity (Wildman–Crippen MR) is 59.0 cm³/mol. The number of carbonyl (C=O) groups excluding carboxylic acids is 1. The average Bonchev–Trinajstić information content (AvgIpc) is 2.89. The second-order valence-corrected chi connectivity index (χ2v) is 5.92. The van der Waals surface area contributed by atoms with E-state index in [4.69, 9.17) is 9.47 Å². The van der Waals surface area contributed by atoms with Crippen molar-refractivity contribution in [2.45, 2.75) is 70.2 Å². The third-order valence-electron chi connectivity index (χ3n) is 4.91. The molecule has 3 fully saturated rings. The molecule has 3 nitrogen and oxygen atoms in total. The lowest BCUT2D eigenvalue weighted by Gasteiger charge is -2.45. The Labute approximate surface area is 96.5 Å². The van der Waals surface area contributed by atoms with Crippen LogP contribution in [0.4, 0.5) is 0 Å². The van der Waals surface area contributed by atoms with Crippen LogP contribution in [0.5, 0.6) is 0 Å². The molecule has 16 heavy (non-hydrogen) atoms. The third-order valence-corrected chi connectivity index (χ3v) is 4.91. The van der Waals surface area contributed by atoms with E-state index in [2.05, 4.69) is 6.92 Å². The molecular formula is C13H20O3. The molecule has 3 rings (SSSR count). The summed E-state index contributed by atoms with van der Waals surface area (Å²) >= 11 is 0. The zero-order valence-corrected chi connectivity index (χ0v) is 10.1. The fraction of sp³-hybridized carbons (Fsp3) is 0.923. The lowest BCUT2D eigenvalue weighted by molar-refractivity contribution is -0.151. The van der Waals surface area contributed by atoms with E-state index in [9.17, 15) is 4.79 Å². The zero-order valence-electron chi connectivity index (χ0n) is 10.1. The first-order valence-corrected chi connectivity index (χ1v) is 6.41. The van der Waals surface area contributed by atoms with Crippen molar-refractivity contribution in [1.82, 2.24) is 0 Å². The van der Waals surface area contributed by atoms with Crippen LogP contribution in [0.2, 0.25) is 0 Å². The van der Waals surface area contributed by atoms with Gasteiger partial charge in [0.1, 0.15) is 11.7 Å². The van der Waals surface area contributed by atoms with Gasteiger partial charge in [-0.1, -0.05) is 13.3 Å². The second-order valence-electron chi connectivity index (χ2n) is 5.92. The van der Waals surface area contributed by atoms with Gasteiger partial charge in [-0.05, 0) is 31.1 Å². The Morgan fingerprint density at radius 1 is 1.38 bits per heavy atom. The van der Waals surface area contributed by atoms with Gasteiger partial charge in [0.2, 0.25) is 0 Å². The van der Waals surface area contributed by atoms with Crippen LogP contribution in [-0.4, -0.2) is 23.8 Å². The van der Waals surface area contributed by atoms with E-state index in [1.54, 1.807) is 0 Å². The quantitative estimate of drug-likeness (QED) is 0.507. The van der Waals surface area contributed by atoms with Gasteiger partial charge in [-0.2, -0.15) is 0 Å². The zero-order chi connectivity index (χ0) is 11.4. The van der Waals surface area contributed by atoms with Gasteiger partial charge in [0.05, 0.1) is 6.10 Å². The SMILES string of the molecule is CC(=O)OC1CCC2(C)CCCC3OC32C1. The highest BCUT2D eigenvalue weighted by molar-refractivity contribution is 5.66. The van der Waals surface area contributed by atoms with E-state index in [-0.39, 0.29) is 17.7 Å². The highest BCUT2D eigenvalue weighted by Crippen LogP contribution is 2.64. The lowest BCUT2D eigenvalue weighted by Crippen LogP contribution is -2.47. The van der Waals surface area contributed by atoms with E-state index < -0.39 is 0 Å². The van der Waals surface area contributed by atoms with Crippen LogP contribution in [0.1, 0.15) is 52.4 Å². The monoisotopic (exact) mass is 224 g/mol. The van der Waals surface area contributed by atoms with Gasteiger partial charge in [0.15, 0.2) is 0 Å². The van der Waals surface area contributed by atoms with Gasteiger partial charge in [-0.25, -0.2) is 0 Å². The van der Waals surface area contributed by atoms with Crippen LogP contribution < -0.4 is 0 Å². The van der Waals surface area contributed by atoms with E-state index >= 15 is 0 Å². The molecule has 1 spiro atoms. The predicted octanol–water partition coefficient (Wildman–Crippen LogP) is 2.43. The number of rotatable bonds is 1. The summed E-state index contributed by atoms with van der Waals surface area (Å²) in [5.74, 6) is -0.155. The summed E-state index contributed by atoms with van der Waals surface area (Å²) in [5.41, 5.74) is 0.399. The van der Waals surface area contributed by atoms with Crippen molar-refractivity contribution in [2.24, 2.45) is 5.41 Å². The summed E-state index contributed by atoms with van der Waals surface area (Å²) < 4.78 is 11.4. The van der Waals surface area contributed by atoms with Crippen molar-refractivity contribution in [3.8, 4) is 0 Å². The molecule has 1 saturated heterocycles. The maximum absolute atomic E-state index is 11.0. The maximum atomic E-state index is 11.0. The molecule has 2 saturated carbocycles. The van der Waals surface area contributed by atoms with Gasteiger partial charge in [0.25, 0.3) is 0 Å². The molecule has 1 heterocycles. The van der Waals surface area contributed by atoms with Gasteiger partial charge in [0, 0.05) is 13.3 Å². The summed E-state index contributed by atoms with van der Waals surface area (Å²) in [5, 5.41) is 0. The lowest BCUT2D eigenvalue weighted by atomic mass is 9.59. The molecule has 90 valence electrons. The number of ether oxygens (including phenoxy) is 2. The fourth-order valence-electron chi connectivity index (χ4n) is 3.95. The molecule has 0 amide bonds. The fourth-order valence-corrected chi connectivity index (χ4v) is 3.95. The highest BCUT2D eigenvalue weighted by atomic mass is 16.6. The Hall–Kier alpha value is -0.570. The van der Waals surface area contributed by atoms with Crippen molar-refractivity contribution in [1.29, 1.82) is 0 Å². The van der Waals surface area contributed by atoms with E-state index in [0.717, 1.165) is 19.3 Å². The largest absolute Gasteiger partial charge is 0.462 e. The standard InChI is InChI=1S/C13H20O3/c1-9(14)15-10-5-7-12(2)6-3-4-11-13(12,8-10)16-11/h10-11H,3-8H2,1-2H3. The summed E-state index contributed by atoms with van der Waals surface area (Å²) in [4.78, 5) is 11.0. The number of epoxide rings is 1. The smallest absolute Gasteiger partial charge is 0.302 e. The normalized spacial score (nSPS) is 50.1. The molecule has 0 radical (unpaired) electrons. The van der Waals surface area contributed by atoms with E-state index in [0.29, 0.717) is 11.5 Å². The van der Waals surface area contributed by atoms with Crippen molar-refractivity contribution in [3.63, 3.8) is 0 Å². The second kappa shape index (κ2) is 3.22. The highest BCUT2D eigenvalue weighted by Gasteiger charge is 2.69. The summed E-state index contributed by atoms with van der Waals surface area (Å²) in [7, 11) is 0. The Bertz CT molecular complexity index is 327. The van der Waals surface area contributed by atoms with Gasteiger partial charge in [-0.3, -0.25) is 4.79 Å². The minimum absolute atomic E-state index is 0.0591. The number of hydrogen-bond acceptors (Lipinski definition) is 3. The van der Waals surface area contributed by atoms with E-state index in [1.807, 2.05) is 0 Å². The van der Waals surface area contributed by atoms with Gasteiger partial charge in [-0.15, -0.1) is 0 Å². The molecule has 0 aromatic rings. The number of esters is 1.